The molecule has 0 aliphatic rings. The Hall–Kier alpha value is -2.81. The minimum absolute atomic E-state index is 0.276. The number of aliphatic carboxylic acids is 1. The first-order valence-corrected chi connectivity index (χ1v) is 9.16. The van der Waals surface area contributed by atoms with Crippen molar-refractivity contribution in [2.24, 2.45) is 11.3 Å². The van der Waals surface area contributed by atoms with Crippen LogP contribution in [0.25, 0.3) is 10.8 Å². The molecule has 2 atom stereocenters. The summed E-state index contributed by atoms with van der Waals surface area (Å²) in [5.41, 5.74) is 1.54. The normalized spacial score (nSPS) is 13.9. The maximum Gasteiger partial charge on any atom is 0.307 e. The number of ether oxygens (including phenoxy) is 1. The average Bonchev–Trinajstić information content (AvgIpc) is 2.64. The van der Waals surface area contributed by atoms with Gasteiger partial charge in [0, 0.05) is 5.92 Å². The highest BCUT2D eigenvalue weighted by atomic mass is 16.5. The number of methoxy groups -OCH3 is 1. The van der Waals surface area contributed by atoms with E-state index in [9.17, 15) is 9.90 Å². The molecule has 3 rings (SSSR count). The van der Waals surface area contributed by atoms with E-state index in [1.807, 2.05) is 63.2 Å². The van der Waals surface area contributed by atoms with Gasteiger partial charge < -0.3 is 9.84 Å². The van der Waals surface area contributed by atoms with E-state index in [0.29, 0.717) is 0 Å². The first kappa shape index (κ1) is 19.0. The quantitative estimate of drug-likeness (QED) is 0.631. The molecule has 0 amide bonds. The van der Waals surface area contributed by atoms with Gasteiger partial charge in [-0.05, 0) is 39.4 Å². The van der Waals surface area contributed by atoms with Crippen LogP contribution in [0.3, 0.4) is 0 Å². The lowest BCUT2D eigenvalue weighted by molar-refractivity contribution is -0.146. The minimum atomic E-state index is -0.788. The second-order valence-corrected chi connectivity index (χ2v) is 8.04. The van der Waals surface area contributed by atoms with Gasteiger partial charge in [-0.25, -0.2) is 0 Å². The summed E-state index contributed by atoms with van der Waals surface area (Å²) in [6.07, 6.45) is 0. The summed E-state index contributed by atoms with van der Waals surface area (Å²) >= 11 is 0. The van der Waals surface area contributed by atoms with Gasteiger partial charge in [0.1, 0.15) is 5.75 Å². The first-order chi connectivity index (χ1) is 12.8. The van der Waals surface area contributed by atoms with Crippen LogP contribution in [-0.2, 0) is 4.79 Å². The fourth-order valence-corrected chi connectivity index (χ4v) is 3.83. The zero-order chi connectivity index (χ0) is 19.6. The molecule has 3 aromatic carbocycles. The van der Waals surface area contributed by atoms with E-state index in [1.165, 1.54) is 0 Å². The lowest BCUT2D eigenvalue weighted by Gasteiger charge is -2.35. The van der Waals surface area contributed by atoms with Crippen LogP contribution in [0.1, 0.15) is 37.8 Å². The molecule has 0 aliphatic heterocycles. The number of fused-ring (bicyclic) bond motifs is 1. The Morgan fingerprint density at radius 1 is 0.889 bits per heavy atom. The number of benzene rings is 3. The van der Waals surface area contributed by atoms with Crippen LogP contribution in [0.2, 0.25) is 0 Å². The SMILES string of the molecule is COc1cccc(C(c2ccc3ccccc3c2)[C@H](C(=O)O)C(C)(C)C)c1. The number of carboxylic acid groups (broad SMARTS) is 1. The summed E-state index contributed by atoms with van der Waals surface area (Å²) < 4.78 is 5.39. The fraction of sp³-hybridized carbons (Fsp3) is 0.292. The maximum atomic E-state index is 12.3. The molecule has 3 heteroatoms. The molecule has 0 fully saturated rings. The zero-order valence-corrected chi connectivity index (χ0v) is 16.3. The van der Waals surface area contributed by atoms with Crippen LogP contribution >= 0.6 is 0 Å². The fourth-order valence-electron chi connectivity index (χ4n) is 3.83. The summed E-state index contributed by atoms with van der Waals surface area (Å²) in [4.78, 5) is 12.3. The molecule has 0 bridgehead atoms. The Labute approximate surface area is 160 Å². The summed E-state index contributed by atoms with van der Waals surface area (Å²) in [5, 5.41) is 12.4. The Bertz CT molecular complexity index is 953. The van der Waals surface area contributed by atoms with Crippen molar-refractivity contribution in [2.75, 3.05) is 7.11 Å². The van der Waals surface area contributed by atoms with Crippen molar-refractivity contribution in [3.05, 3.63) is 77.9 Å². The average molecular weight is 362 g/mol. The summed E-state index contributed by atoms with van der Waals surface area (Å²) in [6.45, 7) is 5.96. The van der Waals surface area contributed by atoms with Gasteiger partial charge in [-0.15, -0.1) is 0 Å². The Kier molecular flexibility index (Phi) is 5.22. The molecule has 27 heavy (non-hydrogen) atoms. The molecule has 140 valence electrons. The van der Waals surface area contributed by atoms with E-state index in [2.05, 4.69) is 24.3 Å². The van der Waals surface area contributed by atoms with Gasteiger partial charge in [0.25, 0.3) is 0 Å². The Morgan fingerprint density at radius 3 is 2.19 bits per heavy atom. The van der Waals surface area contributed by atoms with Gasteiger partial charge in [0.2, 0.25) is 0 Å². The molecule has 0 saturated heterocycles. The molecular formula is C24H26O3. The van der Waals surface area contributed by atoms with Crippen LogP contribution in [-0.4, -0.2) is 18.2 Å². The molecule has 3 aromatic rings. The molecule has 0 radical (unpaired) electrons. The number of rotatable bonds is 5. The predicted molar refractivity (Wildman–Crippen MR) is 109 cm³/mol. The van der Waals surface area contributed by atoms with E-state index in [0.717, 1.165) is 27.6 Å². The second-order valence-electron chi connectivity index (χ2n) is 8.04. The predicted octanol–water partition coefficient (Wildman–Crippen LogP) is 5.73. The van der Waals surface area contributed by atoms with E-state index in [-0.39, 0.29) is 5.92 Å². The Balaban J connectivity index is 2.23. The molecule has 0 saturated carbocycles. The van der Waals surface area contributed by atoms with Gasteiger partial charge in [-0.1, -0.05) is 75.4 Å². The molecule has 0 aliphatic carbocycles. The molecule has 0 heterocycles. The van der Waals surface area contributed by atoms with E-state index < -0.39 is 17.3 Å². The number of hydrogen-bond donors (Lipinski definition) is 1. The molecule has 1 N–H and O–H groups in total. The van der Waals surface area contributed by atoms with Gasteiger partial charge >= 0.3 is 5.97 Å². The van der Waals surface area contributed by atoms with Crippen molar-refractivity contribution in [1.82, 2.24) is 0 Å². The van der Waals surface area contributed by atoms with Gasteiger partial charge in [-0.3, -0.25) is 4.79 Å². The maximum absolute atomic E-state index is 12.3. The monoisotopic (exact) mass is 362 g/mol. The summed E-state index contributed by atoms with van der Waals surface area (Å²) in [7, 11) is 1.63. The highest BCUT2D eigenvalue weighted by Gasteiger charge is 2.40. The third kappa shape index (κ3) is 3.97. The van der Waals surface area contributed by atoms with Crippen molar-refractivity contribution in [3.8, 4) is 5.75 Å². The van der Waals surface area contributed by atoms with Crippen LogP contribution in [0.4, 0.5) is 0 Å². The molecule has 3 nitrogen and oxygen atoms in total. The van der Waals surface area contributed by atoms with Crippen LogP contribution in [0.5, 0.6) is 5.75 Å². The smallest absolute Gasteiger partial charge is 0.307 e. The van der Waals surface area contributed by atoms with Crippen LogP contribution in [0, 0.1) is 11.3 Å². The van der Waals surface area contributed by atoms with Crippen LogP contribution < -0.4 is 4.74 Å². The van der Waals surface area contributed by atoms with Crippen molar-refractivity contribution in [2.45, 2.75) is 26.7 Å². The Morgan fingerprint density at radius 2 is 1.56 bits per heavy atom. The van der Waals surface area contributed by atoms with Crippen LogP contribution in [0.15, 0.2) is 66.7 Å². The van der Waals surface area contributed by atoms with E-state index in [4.69, 9.17) is 4.74 Å². The van der Waals surface area contributed by atoms with Crippen molar-refractivity contribution >= 4 is 16.7 Å². The van der Waals surface area contributed by atoms with Crippen molar-refractivity contribution < 1.29 is 14.6 Å². The zero-order valence-electron chi connectivity index (χ0n) is 16.3. The third-order valence-corrected chi connectivity index (χ3v) is 5.12. The topological polar surface area (TPSA) is 46.5 Å². The number of hydrogen-bond acceptors (Lipinski definition) is 2. The lowest BCUT2D eigenvalue weighted by atomic mass is 9.68. The van der Waals surface area contributed by atoms with Gasteiger partial charge in [-0.2, -0.15) is 0 Å². The van der Waals surface area contributed by atoms with Gasteiger partial charge in [0.15, 0.2) is 0 Å². The first-order valence-electron chi connectivity index (χ1n) is 9.16. The molecular weight excluding hydrogens is 336 g/mol. The summed E-state index contributed by atoms with van der Waals surface area (Å²) in [5.74, 6) is -0.909. The second kappa shape index (κ2) is 7.43. The lowest BCUT2D eigenvalue weighted by Crippen LogP contribution is -2.34. The largest absolute Gasteiger partial charge is 0.497 e. The molecule has 0 aromatic heterocycles. The van der Waals surface area contributed by atoms with Gasteiger partial charge in [0.05, 0.1) is 13.0 Å². The van der Waals surface area contributed by atoms with Crippen molar-refractivity contribution in [1.29, 1.82) is 0 Å². The van der Waals surface area contributed by atoms with E-state index in [1.54, 1.807) is 7.11 Å². The molecule has 0 spiro atoms. The van der Waals surface area contributed by atoms with E-state index >= 15 is 0 Å². The summed E-state index contributed by atoms with van der Waals surface area (Å²) in [6, 6.07) is 22.1. The third-order valence-electron chi connectivity index (χ3n) is 5.12. The highest BCUT2D eigenvalue weighted by Crippen LogP contribution is 2.43. The number of carboxylic acids is 1. The van der Waals surface area contributed by atoms with Crippen molar-refractivity contribution in [3.63, 3.8) is 0 Å². The standard InChI is InChI=1S/C24H26O3/c1-24(2,3)22(23(25)26)21(18-10-7-11-20(15-18)27-4)19-13-12-16-8-5-6-9-17(16)14-19/h5-15,21-22H,1-4H3,(H,25,26)/t21?,22-/m1/s1. The number of carbonyl (C=O) groups is 1. The molecule has 1 unspecified atom stereocenters. The minimum Gasteiger partial charge on any atom is -0.497 e. The highest BCUT2D eigenvalue weighted by molar-refractivity contribution is 5.83.